The Morgan fingerprint density at radius 1 is 0.299 bits per heavy atom. The van der Waals surface area contributed by atoms with Crippen LogP contribution in [-0.2, 0) is 65.4 Å². The zero-order valence-electron chi connectivity index (χ0n) is 63.4. The second kappa shape index (κ2) is 69.8. The number of ether oxygens (including phenoxy) is 4. The van der Waals surface area contributed by atoms with Gasteiger partial charge in [-0.3, -0.25) is 37.3 Å². The predicted octanol–water partition coefficient (Wildman–Crippen LogP) is 23.1. The van der Waals surface area contributed by atoms with Gasteiger partial charge in [-0.15, -0.1) is 0 Å². The number of aliphatic hydroxyl groups excluding tert-OH is 1. The summed E-state index contributed by atoms with van der Waals surface area (Å²) in [5.41, 5.74) is 0. The summed E-state index contributed by atoms with van der Waals surface area (Å²) in [5.74, 6) is -0.494. The van der Waals surface area contributed by atoms with E-state index < -0.39 is 97.5 Å². The molecule has 0 aromatic carbocycles. The second-order valence-corrected chi connectivity index (χ2v) is 31.7. The van der Waals surface area contributed by atoms with E-state index in [1.165, 1.54) is 212 Å². The molecule has 0 rings (SSSR count). The van der Waals surface area contributed by atoms with Gasteiger partial charge in [0.25, 0.3) is 0 Å². The molecule has 17 nitrogen and oxygen atoms in total. The average molecular weight is 1420 g/mol. The minimum Gasteiger partial charge on any atom is -0.462 e. The molecule has 0 heterocycles. The molecule has 0 saturated heterocycles. The molecule has 0 aliphatic heterocycles. The van der Waals surface area contributed by atoms with Crippen molar-refractivity contribution >= 4 is 39.5 Å². The molecule has 0 amide bonds. The van der Waals surface area contributed by atoms with Gasteiger partial charge in [-0.05, 0) is 37.5 Å². The standard InChI is InChI=1S/C78H152O17P2/c1-7-10-12-14-16-17-18-19-24-28-31-37-43-49-55-61-76(81)89-67-74(95-77(82)62-56-50-44-38-32-29-26-23-21-20-22-25-27-30-36-42-47-53-59-71(6)9-3)69-93-97(86,87)91-65-72(79)64-90-96(84,85)92-68-73(66-88-75(80)60-54-48-40-15-13-11-8-2)94-78(83)63-57-51-45-39-34-33-35-41-46-52-58-70(4)5/h70-74,79H,7-69H2,1-6H3,(H,84,85)(H,86,87)/t71?,72-,73+,74+/m0/s1. The number of hydrogen-bond acceptors (Lipinski definition) is 15. The van der Waals surface area contributed by atoms with Crippen molar-refractivity contribution in [1.29, 1.82) is 0 Å². The third kappa shape index (κ3) is 70.9. The summed E-state index contributed by atoms with van der Waals surface area (Å²) in [7, 11) is -9.91. The van der Waals surface area contributed by atoms with Crippen LogP contribution in [0.2, 0.25) is 0 Å². The van der Waals surface area contributed by atoms with Crippen LogP contribution in [0.3, 0.4) is 0 Å². The van der Waals surface area contributed by atoms with Crippen LogP contribution in [0.25, 0.3) is 0 Å². The first-order valence-electron chi connectivity index (χ1n) is 40.5. The summed E-state index contributed by atoms with van der Waals surface area (Å²) in [4.78, 5) is 72.7. The monoisotopic (exact) mass is 1420 g/mol. The summed E-state index contributed by atoms with van der Waals surface area (Å²) >= 11 is 0. The van der Waals surface area contributed by atoms with Crippen molar-refractivity contribution in [2.45, 2.75) is 426 Å². The fraction of sp³-hybridized carbons (Fsp3) is 0.949. The number of carbonyl (C=O) groups is 4. The van der Waals surface area contributed by atoms with Crippen LogP contribution >= 0.6 is 15.6 Å². The third-order valence-electron chi connectivity index (χ3n) is 18.6. The molecule has 0 bridgehead atoms. The van der Waals surface area contributed by atoms with Crippen molar-refractivity contribution in [3.63, 3.8) is 0 Å². The topological polar surface area (TPSA) is 237 Å². The highest BCUT2D eigenvalue weighted by Crippen LogP contribution is 2.45. The maximum Gasteiger partial charge on any atom is 0.472 e. The first-order valence-corrected chi connectivity index (χ1v) is 43.5. The summed E-state index contributed by atoms with van der Waals surface area (Å²) in [5, 5.41) is 10.6. The molecule has 0 spiro atoms. The Labute approximate surface area is 594 Å². The molecule has 0 saturated carbocycles. The molecular weight excluding hydrogens is 1270 g/mol. The van der Waals surface area contributed by atoms with E-state index in [1.807, 2.05) is 0 Å². The SMILES string of the molecule is CCCCCCCCCCCCCCCCCC(=O)OC[C@H](COP(=O)(O)OC[C@@H](O)COP(=O)(O)OC[C@@H](COC(=O)CCCCCCCCC)OC(=O)CCCCCCCCCCCCC(C)C)OC(=O)CCCCCCCCCCCCCCCCCCCCC(C)CC. The fourth-order valence-corrected chi connectivity index (χ4v) is 13.6. The van der Waals surface area contributed by atoms with Crippen LogP contribution in [0.4, 0.5) is 0 Å². The maximum atomic E-state index is 13.1. The van der Waals surface area contributed by atoms with Crippen molar-refractivity contribution in [2.75, 3.05) is 39.6 Å². The predicted molar refractivity (Wildman–Crippen MR) is 395 cm³/mol. The van der Waals surface area contributed by atoms with Crippen LogP contribution in [0, 0.1) is 11.8 Å². The van der Waals surface area contributed by atoms with Crippen molar-refractivity contribution in [3.8, 4) is 0 Å². The average Bonchev–Trinajstić information content (AvgIpc) is 1.43. The molecule has 0 aliphatic rings. The van der Waals surface area contributed by atoms with E-state index >= 15 is 0 Å². The summed E-state index contributed by atoms with van der Waals surface area (Å²) < 4.78 is 68.5. The normalized spacial score (nSPS) is 14.2. The molecule has 6 atom stereocenters. The Hall–Kier alpha value is -1.94. The molecular formula is C78H152O17P2. The van der Waals surface area contributed by atoms with E-state index in [4.69, 9.17) is 37.0 Å². The zero-order chi connectivity index (χ0) is 71.4. The number of hydrogen-bond donors (Lipinski definition) is 3. The highest BCUT2D eigenvalue weighted by molar-refractivity contribution is 7.47. The van der Waals surface area contributed by atoms with Gasteiger partial charge in [0.1, 0.15) is 19.3 Å². The lowest BCUT2D eigenvalue weighted by Gasteiger charge is -2.21. The first-order chi connectivity index (χ1) is 46.9. The second-order valence-electron chi connectivity index (χ2n) is 28.8. The van der Waals surface area contributed by atoms with E-state index in [-0.39, 0.29) is 25.7 Å². The van der Waals surface area contributed by atoms with Gasteiger partial charge >= 0.3 is 39.5 Å². The van der Waals surface area contributed by atoms with Gasteiger partial charge in [0.2, 0.25) is 0 Å². The highest BCUT2D eigenvalue weighted by Gasteiger charge is 2.30. The summed E-state index contributed by atoms with van der Waals surface area (Å²) in [6, 6.07) is 0. The maximum absolute atomic E-state index is 13.1. The Kier molecular flexibility index (Phi) is 68.4. The smallest absolute Gasteiger partial charge is 0.462 e. The summed E-state index contributed by atoms with van der Waals surface area (Å²) in [6.45, 7) is 9.63. The zero-order valence-corrected chi connectivity index (χ0v) is 65.2. The minimum atomic E-state index is -4.96. The Balaban J connectivity index is 5.16. The Morgan fingerprint density at radius 3 is 0.784 bits per heavy atom. The molecule has 0 aromatic rings. The van der Waals surface area contributed by atoms with E-state index in [1.54, 1.807) is 0 Å². The van der Waals surface area contributed by atoms with Crippen LogP contribution in [0.1, 0.15) is 408 Å². The number of esters is 4. The van der Waals surface area contributed by atoms with Crippen LogP contribution in [0.5, 0.6) is 0 Å². The molecule has 97 heavy (non-hydrogen) atoms. The minimum absolute atomic E-state index is 0.106. The lowest BCUT2D eigenvalue weighted by atomic mass is 9.99. The number of aliphatic hydroxyl groups is 1. The molecule has 576 valence electrons. The number of carbonyl (C=O) groups excluding carboxylic acids is 4. The van der Waals surface area contributed by atoms with Gasteiger partial charge in [0, 0.05) is 25.7 Å². The van der Waals surface area contributed by atoms with Crippen molar-refractivity contribution in [2.24, 2.45) is 11.8 Å². The lowest BCUT2D eigenvalue weighted by Crippen LogP contribution is -2.30. The van der Waals surface area contributed by atoms with E-state index in [0.717, 1.165) is 115 Å². The van der Waals surface area contributed by atoms with Crippen molar-refractivity contribution in [3.05, 3.63) is 0 Å². The van der Waals surface area contributed by atoms with Crippen LogP contribution < -0.4 is 0 Å². The van der Waals surface area contributed by atoms with Crippen molar-refractivity contribution in [1.82, 2.24) is 0 Å². The fourth-order valence-electron chi connectivity index (χ4n) is 12.0. The number of unbranched alkanes of at least 4 members (excludes halogenated alkanes) is 46. The van der Waals surface area contributed by atoms with Crippen molar-refractivity contribution < 1.29 is 80.2 Å². The van der Waals surface area contributed by atoms with Gasteiger partial charge in [-0.1, -0.05) is 356 Å². The van der Waals surface area contributed by atoms with E-state index in [2.05, 4.69) is 41.5 Å². The largest absolute Gasteiger partial charge is 0.472 e. The summed E-state index contributed by atoms with van der Waals surface area (Å²) in [6.07, 6.45) is 58.4. The van der Waals surface area contributed by atoms with Gasteiger partial charge in [0.05, 0.1) is 26.4 Å². The lowest BCUT2D eigenvalue weighted by molar-refractivity contribution is -0.161. The molecule has 0 aliphatic carbocycles. The Bertz CT molecular complexity index is 1870. The molecule has 0 aromatic heterocycles. The van der Waals surface area contributed by atoms with Crippen LogP contribution in [0.15, 0.2) is 0 Å². The number of phosphoric acid groups is 2. The third-order valence-corrected chi connectivity index (χ3v) is 20.5. The van der Waals surface area contributed by atoms with E-state index in [0.29, 0.717) is 25.7 Å². The van der Waals surface area contributed by atoms with E-state index in [9.17, 15) is 43.2 Å². The molecule has 19 heteroatoms. The molecule has 0 fully saturated rings. The van der Waals surface area contributed by atoms with Gasteiger partial charge in [-0.25, -0.2) is 9.13 Å². The molecule has 3 N–H and O–H groups in total. The molecule has 3 unspecified atom stereocenters. The van der Waals surface area contributed by atoms with Gasteiger partial charge in [-0.2, -0.15) is 0 Å². The van der Waals surface area contributed by atoms with Gasteiger partial charge < -0.3 is 33.8 Å². The molecule has 0 radical (unpaired) electrons. The first kappa shape index (κ1) is 95.1. The highest BCUT2D eigenvalue weighted by atomic mass is 31.2. The van der Waals surface area contributed by atoms with Crippen LogP contribution in [-0.4, -0.2) is 96.7 Å². The van der Waals surface area contributed by atoms with Gasteiger partial charge in [0.15, 0.2) is 12.2 Å². The number of phosphoric ester groups is 2. The number of rotatable bonds is 77. The quantitative estimate of drug-likeness (QED) is 0.0222. The Morgan fingerprint density at radius 2 is 0.526 bits per heavy atom.